The molecule has 140 valence electrons. The van der Waals surface area contributed by atoms with Gasteiger partial charge < -0.3 is 24.8 Å². The molecule has 2 N–H and O–H groups in total. The average molecular weight is 371 g/mol. The van der Waals surface area contributed by atoms with E-state index in [0.717, 1.165) is 49.4 Å². The molecule has 0 bridgehead atoms. The van der Waals surface area contributed by atoms with Crippen molar-refractivity contribution in [2.45, 2.75) is 19.3 Å². The number of ether oxygens (including phenoxy) is 3. The minimum absolute atomic E-state index is 0. The van der Waals surface area contributed by atoms with Gasteiger partial charge in [-0.1, -0.05) is 6.07 Å². The summed E-state index contributed by atoms with van der Waals surface area (Å²) in [7, 11) is 1.66. The number of nitrogens with one attached hydrogen (secondary N) is 2. The molecule has 1 aromatic carbocycles. The van der Waals surface area contributed by atoms with E-state index in [-0.39, 0.29) is 18.3 Å². The maximum atomic E-state index is 12.7. The van der Waals surface area contributed by atoms with Crippen LogP contribution >= 0.6 is 12.4 Å². The molecule has 1 amide bonds. The summed E-state index contributed by atoms with van der Waals surface area (Å²) in [4.78, 5) is 12.7. The monoisotopic (exact) mass is 370 g/mol. The lowest BCUT2D eigenvalue weighted by Crippen LogP contribution is -2.50. The predicted octanol–water partition coefficient (Wildman–Crippen LogP) is 1.55. The number of fused-ring (bicyclic) bond motifs is 1. The molecule has 0 radical (unpaired) electrons. The third-order valence-electron chi connectivity index (χ3n) is 4.77. The Kier molecular flexibility index (Phi) is 7.35. The van der Waals surface area contributed by atoms with Crippen LogP contribution in [0.15, 0.2) is 18.2 Å². The largest absolute Gasteiger partial charge is 0.486 e. The van der Waals surface area contributed by atoms with Crippen molar-refractivity contribution in [2.24, 2.45) is 5.41 Å². The van der Waals surface area contributed by atoms with Crippen LogP contribution in [0.2, 0.25) is 0 Å². The second-order valence-corrected chi connectivity index (χ2v) is 6.45. The Bertz CT molecular complexity index is 571. The second-order valence-electron chi connectivity index (χ2n) is 6.45. The fourth-order valence-electron chi connectivity index (χ4n) is 3.37. The first-order chi connectivity index (χ1) is 11.7. The molecule has 1 aromatic rings. The molecule has 3 rings (SSSR count). The van der Waals surface area contributed by atoms with E-state index in [1.807, 2.05) is 18.2 Å². The SMILES string of the molecule is COCC1(C(=O)NCCc2ccc3c(c2)OCCO3)CCNCC1.Cl. The van der Waals surface area contributed by atoms with E-state index in [1.165, 1.54) is 0 Å². The maximum absolute atomic E-state index is 12.7. The van der Waals surface area contributed by atoms with Crippen LogP contribution in [0, 0.1) is 5.41 Å². The van der Waals surface area contributed by atoms with E-state index >= 15 is 0 Å². The summed E-state index contributed by atoms with van der Waals surface area (Å²) in [6, 6.07) is 5.95. The molecule has 0 saturated carbocycles. The summed E-state index contributed by atoms with van der Waals surface area (Å²) < 4.78 is 16.4. The zero-order valence-electron chi connectivity index (χ0n) is 14.6. The van der Waals surface area contributed by atoms with Crippen molar-refractivity contribution in [3.63, 3.8) is 0 Å². The van der Waals surface area contributed by atoms with E-state index in [2.05, 4.69) is 10.6 Å². The lowest BCUT2D eigenvalue weighted by atomic mass is 9.78. The van der Waals surface area contributed by atoms with Gasteiger partial charge in [-0.25, -0.2) is 0 Å². The van der Waals surface area contributed by atoms with Crippen molar-refractivity contribution in [1.82, 2.24) is 10.6 Å². The Hall–Kier alpha value is -1.50. The zero-order valence-corrected chi connectivity index (χ0v) is 15.5. The fraction of sp³-hybridized carbons (Fsp3) is 0.611. The molecule has 0 unspecified atom stereocenters. The zero-order chi connectivity index (χ0) is 16.8. The first kappa shape index (κ1) is 19.8. The van der Waals surface area contributed by atoms with E-state index < -0.39 is 5.41 Å². The van der Waals surface area contributed by atoms with Crippen LogP contribution in [-0.4, -0.2) is 52.5 Å². The molecule has 2 heterocycles. The summed E-state index contributed by atoms with van der Waals surface area (Å²) in [5.74, 6) is 1.69. The Morgan fingerprint density at radius 2 is 1.96 bits per heavy atom. The van der Waals surface area contributed by atoms with E-state index in [9.17, 15) is 4.79 Å². The van der Waals surface area contributed by atoms with Crippen LogP contribution < -0.4 is 20.1 Å². The predicted molar refractivity (Wildman–Crippen MR) is 97.8 cm³/mol. The maximum Gasteiger partial charge on any atom is 0.228 e. The van der Waals surface area contributed by atoms with Gasteiger partial charge in [-0.15, -0.1) is 12.4 Å². The van der Waals surface area contributed by atoms with Crippen LogP contribution in [0.1, 0.15) is 18.4 Å². The molecule has 0 spiro atoms. The molecule has 1 saturated heterocycles. The Labute approximate surface area is 155 Å². The van der Waals surface area contributed by atoms with Crippen molar-refractivity contribution >= 4 is 18.3 Å². The van der Waals surface area contributed by atoms with Gasteiger partial charge in [-0.3, -0.25) is 4.79 Å². The highest BCUT2D eigenvalue weighted by Gasteiger charge is 2.39. The van der Waals surface area contributed by atoms with Crippen molar-refractivity contribution in [2.75, 3.05) is 46.6 Å². The number of benzene rings is 1. The number of carbonyl (C=O) groups is 1. The molecule has 0 atom stereocenters. The van der Waals surface area contributed by atoms with Crippen LogP contribution in [0.4, 0.5) is 0 Å². The van der Waals surface area contributed by atoms with Gasteiger partial charge in [0.1, 0.15) is 13.2 Å². The Morgan fingerprint density at radius 1 is 1.24 bits per heavy atom. The summed E-state index contributed by atoms with van der Waals surface area (Å²) in [6.07, 6.45) is 2.40. The molecule has 1 fully saturated rings. The lowest BCUT2D eigenvalue weighted by molar-refractivity contribution is -0.136. The first-order valence-electron chi connectivity index (χ1n) is 8.60. The van der Waals surface area contributed by atoms with Crippen molar-refractivity contribution < 1.29 is 19.0 Å². The number of hydrogen-bond donors (Lipinski definition) is 2. The van der Waals surface area contributed by atoms with Gasteiger partial charge in [0.15, 0.2) is 11.5 Å². The third kappa shape index (κ3) is 4.77. The van der Waals surface area contributed by atoms with Crippen LogP contribution in [0.3, 0.4) is 0 Å². The highest BCUT2D eigenvalue weighted by molar-refractivity contribution is 5.85. The molecular weight excluding hydrogens is 344 g/mol. The molecule has 7 heteroatoms. The normalized spacial score (nSPS) is 18.1. The minimum Gasteiger partial charge on any atom is -0.486 e. The van der Waals surface area contributed by atoms with Gasteiger partial charge in [-0.05, 0) is 50.0 Å². The number of amides is 1. The number of methoxy groups -OCH3 is 1. The topological polar surface area (TPSA) is 68.8 Å². The molecular formula is C18H27ClN2O4. The smallest absolute Gasteiger partial charge is 0.228 e. The van der Waals surface area contributed by atoms with Crippen LogP contribution in [0.25, 0.3) is 0 Å². The van der Waals surface area contributed by atoms with Crippen LogP contribution in [-0.2, 0) is 16.0 Å². The Morgan fingerprint density at radius 3 is 2.68 bits per heavy atom. The quantitative estimate of drug-likeness (QED) is 0.795. The summed E-state index contributed by atoms with van der Waals surface area (Å²) in [6.45, 7) is 3.99. The highest BCUT2D eigenvalue weighted by Crippen LogP contribution is 2.31. The number of hydrogen-bond acceptors (Lipinski definition) is 5. The van der Waals surface area contributed by atoms with Gasteiger partial charge in [0.25, 0.3) is 0 Å². The average Bonchev–Trinajstić information content (AvgIpc) is 2.62. The molecule has 2 aliphatic heterocycles. The van der Waals surface area contributed by atoms with E-state index in [1.54, 1.807) is 7.11 Å². The molecule has 0 aliphatic carbocycles. The number of carbonyl (C=O) groups excluding carboxylic acids is 1. The number of piperidine rings is 1. The second kappa shape index (κ2) is 9.27. The summed E-state index contributed by atoms with van der Waals surface area (Å²) >= 11 is 0. The Balaban J connectivity index is 0.00000225. The number of halogens is 1. The standard InChI is InChI=1S/C18H26N2O4.ClH/c1-22-13-18(5-8-19-9-6-18)17(21)20-7-4-14-2-3-15-16(12-14)24-11-10-23-15;/h2-3,12,19H,4-11,13H2,1H3,(H,20,21);1H. The number of rotatable bonds is 6. The van der Waals surface area contributed by atoms with Gasteiger partial charge in [0.05, 0.1) is 12.0 Å². The van der Waals surface area contributed by atoms with E-state index in [4.69, 9.17) is 14.2 Å². The minimum atomic E-state index is -0.396. The lowest BCUT2D eigenvalue weighted by Gasteiger charge is -2.35. The van der Waals surface area contributed by atoms with Crippen molar-refractivity contribution in [3.8, 4) is 11.5 Å². The molecule has 0 aromatic heterocycles. The van der Waals surface area contributed by atoms with Gasteiger partial charge in [0.2, 0.25) is 5.91 Å². The van der Waals surface area contributed by atoms with Crippen molar-refractivity contribution in [1.29, 1.82) is 0 Å². The van der Waals surface area contributed by atoms with Gasteiger partial charge >= 0.3 is 0 Å². The summed E-state index contributed by atoms with van der Waals surface area (Å²) in [5.41, 5.74) is 0.734. The highest BCUT2D eigenvalue weighted by atomic mass is 35.5. The molecule has 6 nitrogen and oxygen atoms in total. The summed E-state index contributed by atoms with van der Waals surface area (Å²) in [5, 5.41) is 6.39. The van der Waals surface area contributed by atoms with Gasteiger partial charge in [-0.2, -0.15) is 0 Å². The van der Waals surface area contributed by atoms with E-state index in [0.29, 0.717) is 26.4 Å². The molecule has 25 heavy (non-hydrogen) atoms. The fourth-order valence-corrected chi connectivity index (χ4v) is 3.37. The van der Waals surface area contributed by atoms with Crippen molar-refractivity contribution in [3.05, 3.63) is 23.8 Å². The molecule has 2 aliphatic rings. The third-order valence-corrected chi connectivity index (χ3v) is 4.77. The van der Waals surface area contributed by atoms with Gasteiger partial charge in [0, 0.05) is 13.7 Å². The first-order valence-corrected chi connectivity index (χ1v) is 8.60. The van der Waals surface area contributed by atoms with Crippen LogP contribution in [0.5, 0.6) is 11.5 Å².